The molecule has 0 aliphatic carbocycles. The molecule has 1 unspecified atom stereocenters. The largest absolute Gasteiger partial charge is 0.317 e. The molecule has 0 aromatic carbocycles. The van der Waals surface area contributed by atoms with Gasteiger partial charge < -0.3 is 9.88 Å². The fraction of sp³-hybridized carbons (Fsp3) is 0.545. The van der Waals surface area contributed by atoms with E-state index >= 15 is 0 Å². The molecule has 5 heteroatoms. The van der Waals surface area contributed by atoms with E-state index in [1.54, 1.807) is 10.6 Å². The van der Waals surface area contributed by atoms with Gasteiger partial charge >= 0.3 is 0 Å². The van der Waals surface area contributed by atoms with Crippen LogP contribution in [0.1, 0.15) is 13.8 Å². The van der Waals surface area contributed by atoms with Crippen LogP contribution in [0.25, 0.3) is 0 Å². The molecule has 1 aromatic rings. The molecule has 1 rings (SSSR count). The fourth-order valence-electron chi connectivity index (χ4n) is 1.49. The van der Waals surface area contributed by atoms with E-state index in [0.717, 1.165) is 24.1 Å². The molecule has 1 heterocycles. The first-order chi connectivity index (χ1) is 7.54. The van der Waals surface area contributed by atoms with Gasteiger partial charge in [0.2, 0.25) is 0 Å². The van der Waals surface area contributed by atoms with Gasteiger partial charge in [-0.3, -0.25) is 4.79 Å². The Bertz CT molecular complexity index is 403. The van der Waals surface area contributed by atoms with Gasteiger partial charge in [-0.1, -0.05) is 13.8 Å². The summed E-state index contributed by atoms with van der Waals surface area (Å²) in [7, 11) is 0. The highest BCUT2D eigenvalue weighted by Gasteiger charge is 2.07. The van der Waals surface area contributed by atoms with Crippen molar-refractivity contribution in [2.75, 3.05) is 13.1 Å². The van der Waals surface area contributed by atoms with Crippen molar-refractivity contribution in [3.8, 4) is 0 Å². The zero-order valence-corrected chi connectivity index (χ0v) is 12.6. The van der Waals surface area contributed by atoms with Crippen molar-refractivity contribution >= 4 is 31.9 Å². The van der Waals surface area contributed by atoms with Gasteiger partial charge in [0, 0.05) is 17.2 Å². The number of pyridine rings is 1. The number of nitrogens with one attached hydrogen (secondary N) is 1. The van der Waals surface area contributed by atoms with Crippen molar-refractivity contribution < 1.29 is 0 Å². The van der Waals surface area contributed by atoms with Crippen molar-refractivity contribution in [2.45, 2.75) is 20.4 Å². The Morgan fingerprint density at radius 3 is 2.81 bits per heavy atom. The number of aromatic nitrogens is 1. The summed E-state index contributed by atoms with van der Waals surface area (Å²) in [4.78, 5) is 11.8. The van der Waals surface area contributed by atoms with Gasteiger partial charge in [-0.25, -0.2) is 0 Å². The third-order valence-corrected chi connectivity index (χ3v) is 3.26. The topological polar surface area (TPSA) is 34.0 Å². The van der Waals surface area contributed by atoms with Crippen molar-refractivity contribution in [3.63, 3.8) is 0 Å². The third kappa shape index (κ3) is 4.03. The van der Waals surface area contributed by atoms with Crippen LogP contribution in [0.2, 0.25) is 0 Å². The van der Waals surface area contributed by atoms with Gasteiger partial charge in [0.15, 0.2) is 0 Å². The molecule has 0 radical (unpaired) electrons. The Morgan fingerprint density at radius 1 is 1.50 bits per heavy atom. The van der Waals surface area contributed by atoms with Crippen LogP contribution in [0.4, 0.5) is 0 Å². The minimum Gasteiger partial charge on any atom is -0.317 e. The lowest BCUT2D eigenvalue weighted by molar-refractivity contribution is 0.443. The van der Waals surface area contributed by atoms with Crippen LogP contribution in [0.15, 0.2) is 26.0 Å². The van der Waals surface area contributed by atoms with E-state index in [2.05, 4.69) is 51.0 Å². The predicted octanol–water partition coefficient (Wildman–Crippen LogP) is 2.62. The fourth-order valence-corrected chi connectivity index (χ4v) is 2.75. The Morgan fingerprint density at radius 2 is 2.19 bits per heavy atom. The summed E-state index contributed by atoms with van der Waals surface area (Å²) in [5.74, 6) is 0.429. The lowest BCUT2D eigenvalue weighted by atomic mass is 10.2. The maximum atomic E-state index is 11.8. The number of hydrogen-bond acceptors (Lipinski definition) is 2. The highest BCUT2D eigenvalue weighted by molar-refractivity contribution is 9.11. The smallest absolute Gasteiger partial charge is 0.264 e. The average Bonchev–Trinajstić information content (AvgIpc) is 2.22. The average molecular weight is 352 g/mol. The Hall–Kier alpha value is -0.130. The molecular weight excluding hydrogens is 336 g/mol. The maximum Gasteiger partial charge on any atom is 0.264 e. The van der Waals surface area contributed by atoms with Crippen molar-refractivity contribution in [1.82, 2.24) is 9.88 Å². The molecule has 0 amide bonds. The first-order valence-electron chi connectivity index (χ1n) is 5.30. The molecule has 0 saturated heterocycles. The van der Waals surface area contributed by atoms with Gasteiger partial charge in [0.05, 0.1) is 4.47 Å². The number of halogens is 2. The highest BCUT2D eigenvalue weighted by Crippen LogP contribution is 2.13. The molecule has 1 atom stereocenters. The van der Waals surface area contributed by atoms with Crippen LogP contribution < -0.4 is 10.9 Å². The Labute approximate surface area is 112 Å². The summed E-state index contributed by atoms with van der Waals surface area (Å²) in [6, 6.07) is 1.77. The summed E-state index contributed by atoms with van der Waals surface area (Å²) in [5, 5.41) is 3.28. The second-order valence-electron chi connectivity index (χ2n) is 3.88. The van der Waals surface area contributed by atoms with Gasteiger partial charge in [-0.15, -0.1) is 0 Å². The van der Waals surface area contributed by atoms with Crippen molar-refractivity contribution in [3.05, 3.63) is 31.6 Å². The van der Waals surface area contributed by atoms with Crippen LogP contribution in [-0.4, -0.2) is 17.7 Å². The third-order valence-electron chi connectivity index (χ3n) is 2.26. The number of hydrogen-bond donors (Lipinski definition) is 1. The molecule has 0 saturated carbocycles. The zero-order chi connectivity index (χ0) is 12.1. The van der Waals surface area contributed by atoms with E-state index in [9.17, 15) is 4.79 Å². The second-order valence-corrected chi connectivity index (χ2v) is 5.65. The predicted molar refractivity (Wildman–Crippen MR) is 73.8 cm³/mol. The van der Waals surface area contributed by atoms with Gasteiger partial charge in [-0.2, -0.15) is 0 Å². The van der Waals surface area contributed by atoms with E-state index in [-0.39, 0.29) is 5.56 Å². The molecular formula is C11H16Br2N2O. The van der Waals surface area contributed by atoms with Crippen LogP contribution in [0, 0.1) is 5.92 Å². The van der Waals surface area contributed by atoms with Crippen molar-refractivity contribution in [2.24, 2.45) is 5.92 Å². The molecule has 0 bridgehead atoms. The molecule has 0 aliphatic rings. The Kier molecular flexibility index (Phi) is 5.72. The molecule has 90 valence electrons. The molecule has 1 aromatic heterocycles. The summed E-state index contributed by atoms with van der Waals surface area (Å²) in [6.45, 7) is 6.82. The van der Waals surface area contributed by atoms with E-state index in [1.807, 2.05) is 6.20 Å². The molecule has 16 heavy (non-hydrogen) atoms. The summed E-state index contributed by atoms with van der Waals surface area (Å²) >= 11 is 6.64. The summed E-state index contributed by atoms with van der Waals surface area (Å²) in [5.41, 5.74) is 0.0200. The maximum absolute atomic E-state index is 11.8. The first kappa shape index (κ1) is 13.9. The standard InChI is InChI=1S/C11H16Br2N2O/c1-3-14-5-8(2)6-15-7-9(12)4-10(13)11(15)16/h4,7-8,14H,3,5-6H2,1-2H3. The van der Waals surface area contributed by atoms with E-state index in [0.29, 0.717) is 10.4 Å². The van der Waals surface area contributed by atoms with E-state index < -0.39 is 0 Å². The number of nitrogens with zero attached hydrogens (tertiary/aromatic N) is 1. The molecule has 1 N–H and O–H groups in total. The van der Waals surface area contributed by atoms with Crippen LogP contribution in [0.3, 0.4) is 0 Å². The van der Waals surface area contributed by atoms with Crippen LogP contribution in [-0.2, 0) is 6.54 Å². The lowest BCUT2D eigenvalue weighted by Gasteiger charge is -2.14. The summed E-state index contributed by atoms with van der Waals surface area (Å²) < 4.78 is 3.24. The van der Waals surface area contributed by atoms with Gasteiger partial charge in [0.25, 0.3) is 5.56 Å². The molecule has 0 fully saturated rings. The first-order valence-corrected chi connectivity index (χ1v) is 6.89. The minimum absolute atomic E-state index is 0.0200. The summed E-state index contributed by atoms with van der Waals surface area (Å²) in [6.07, 6.45) is 1.83. The minimum atomic E-state index is 0.0200. The van der Waals surface area contributed by atoms with E-state index in [1.165, 1.54) is 0 Å². The number of rotatable bonds is 5. The highest BCUT2D eigenvalue weighted by atomic mass is 79.9. The monoisotopic (exact) mass is 350 g/mol. The van der Waals surface area contributed by atoms with E-state index in [4.69, 9.17) is 0 Å². The lowest BCUT2D eigenvalue weighted by Crippen LogP contribution is -2.28. The Balaban J connectivity index is 2.77. The molecule has 3 nitrogen and oxygen atoms in total. The van der Waals surface area contributed by atoms with Gasteiger partial charge in [0.1, 0.15) is 0 Å². The van der Waals surface area contributed by atoms with Crippen LogP contribution >= 0.6 is 31.9 Å². The van der Waals surface area contributed by atoms with Crippen LogP contribution in [0.5, 0.6) is 0 Å². The molecule has 0 aliphatic heterocycles. The zero-order valence-electron chi connectivity index (χ0n) is 9.46. The van der Waals surface area contributed by atoms with Gasteiger partial charge in [-0.05, 0) is 56.9 Å². The molecule has 0 spiro atoms. The van der Waals surface area contributed by atoms with Crippen molar-refractivity contribution in [1.29, 1.82) is 0 Å². The SMILES string of the molecule is CCNCC(C)Cn1cc(Br)cc(Br)c1=O. The normalized spacial score (nSPS) is 12.8. The second kappa shape index (κ2) is 6.57. The quantitative estimate of drug-likeness (QED) is 0.884.